The van der Waals surface area contributed by atoms with Crippen molar-refractivity contribution in [3.05, 3.63) is 46.3 Å². The third kappa shape index (κ3) is 4.35. The SMILES string of the molecule is CCCC(NC(=O)c1ccc(Cl)cc1Cl)C1CN(S(=O)(=O)c2cn(C)cn2)C1. The molecule has 1 unspecified atom stereocenters. The summed E-state index contributed by atoms with van der Waals surface area (Å²) in [5.41, 5.74) is 0.351. The lowest BCUT2D eigenvalue weighted by molar-refractivity contribution is 0.0864. The fourth-order valence-electron chi connectivity index (χ4n) is 3.23. The molecule has 3 rings (SSSR count). The molecular weight excluding hydrogens is 423 g/mol. The van der Waals surface area contributed by atoms with Crippen LogP contribution in [0.15, 0.2) is 35.7 Å². The molecule has 152 valence electrons. The molecule has 0 spiro atoms. The summed E-state index contributed by atoms with van der Waals surface area (Å²) in [6, 6.07) is 4.58. The zero-order chi connectivity index (χ0) is 20.5. The maximum Gasteiger partial charge on any atom is 0.262 e. The summed E-state index contributed by atoms with van der Waals surface area (Å²) >= 11 is 12.0. The molecule has 0 radical (unpaired) electrons. The number of imidazole rings is 1. The molecule has 1 aromatic heterocycles. The van der Waals surface area contributed by atoms with Crippen LogP contribution in [0, 0.1) is 5.92 Å². The van der Waals surface area contributed by atoms with Gasteiger partial charge in [0.25, 0.3) is 15.9 Å². The van der Waals surface area contributed by atoms with Crippen LogP contribution in [0.3, 0.4) is 0 Å². The van der Waals surface area contributed by atoms with Crippen molar-refractivity contribution in [2.75, 3.05) is 13.1 Å². The summed E-state index contributed by atoms with van der Waals surface area (Å²) in [4.78, 5) is 16.6. The van der Waals surface area contributed by atoms with Gasteiger partial charge in [-0.2, -0.15) is 4.31 Å². The first-order valence-electron chi connectivity index (χ1n) is 8.96. The molecule has 0 saturated carbocycles. The number of carbonyl (C=O) groups excluding carboxylic acids is 1. The molecule has 1 fully saturated rings. The molecule has 28 heavy (non-hydrogen) atoms. The van der Waals surface area contributed by atoms with Crippen LogP contribution in [0.5, 0.6) is 0 Å². The average molecular weight is 445 g/mol. The van der Waals surface area contributed by atoms with Gasteiger partial charge < -0.3 is 9.88 Å². The molecule has 1 aliphatic rings. The van der Waals surface area contributed by atoms with Gasteiger partial charge in [-0.25, -0.2) is 13.4 Å². The fraction of sp³-hybridized carbons (Fsp3) is 0.444. The molecule has 1 aliphatic heterocycles. The van der Waals surface area contributed by atoms with E-state index in [0.29, 0.717) is 23.7 Å². The topological polar surface area (TPSA) is 84.3 Å². The number of nitrogens with zero attached hydrogens (tertiary/aromatic N) is 3. The van der Waals surface area contributed by atoms with E-state index in [9.17, 15) is 13.2 Å². The zero-order valence-corrected chi connectivity index (χ0v) is 17.9. The van der Waals surface area contributed by atoms with E-state index in [-0.39, 0.29) is 27.9 Å². The summed E-state index contributed by atoms with van der Waals surface area (Å²) in [6.07, 6.45) is 4.55. The molecular formula is C18H22Cl2N4O3S. The second-order valence-electron chi connectivity index (χ2n) is 6.95. The van der Waals surface area contributed by atoms with Crippen molar-refractivity contribution in [1.29, 1.82) is 0 Å². The third-order valence-corrected chi connectivity index (χ3v) is 7.09. The summed E-state index contributed by atoms with van der Waals surface area (Å²) in [5.74, 6) is -0.250. The molecule has 10 heteroatoms. The van der Waals surface area contributed by atoms with Crippen LogP contribution in [0.2, 0.25) is 10.0 Å². The van der Waals surface area contributed by atoms with Gasteiger partial charge in [-0.15, -0.1) is 0 Å². The van der Waals surface area contributed by atoms with Gasteiger partial charge in [0.1, 0.15) is 0 Å². The zero-order valence-electron chi connectivity index (χ0n) is 15.6. The Balaban J connectivity index is 1.66. The van der Waals surface area contributed by atoms with E-state index in [0.717, 1.165) is 12.8 Å². The number of aromatic nitrogens is 2. The molecule has 1 amide bonds. The maximum atomic E-state index is 12.6. The van der Waals surface area contributed by atoms with Gasteiger partial charge in [0, 0.05) is 43.3 Å². The minimum absolute atomic E-state index is 0.0356. The minimum atomic E-state index is -3.60. The molecule has 2 heterocycles. The van der Waals surface area contributed by atoms with E-state index < -0.39 is 10.0 Å². The van der Waals surface area contributed by atoms with Crippen molar-refractivity contribution in [3.8, 4) is 0 Å². The van der Waals surface area contributed by atoms with Crippen molar-refractivity contribution in [1.82, 2.24) is 19.2 Å². The van der Waals surface area contributed by atoms with Crippen LogP contribution in [0.25, 0.3) is 0 Å². The molecule has 7 nitrogen and oxygen atoms in total. The van der Waals surface area contributed by atoms with Crippen molar-refractivity contribution >= 4 is 39.1 Å². The highest BCUT2D eigenvalue weighted by Gasteiger charge is 2.41. The van der Waals surface area contributed by atoms with Crippen molar-refractivity contribution < 1.29 is 13.2 Å². The predicted molar refractivity (Wildman–Crippen MR) is 108 cm³/mol. The molecule has 0 aliphatic carbocycles. The van der Waals surface area contributed by atoms with Crippen LogP contribution in [0.4, 0.5) is 0 Å². The normalized spacial score (nSPS) is 16.6. The Labute approximate surface area is 174 Å². The average Bonchev–Trinajstić information content (AvgIpc) is 3.00. The molecule has 0 bridgehead atoms. The number of carbonyl (C=O) groups is 1. The first-order chi connectivity index (χ1) is 13.2. The van der Waals surface area contributed by atoms with Crippen LogP contribution >= 0.6 is 23.2 Å². The van der Waals surface area contributed by atoms with E-state index in [1.54, 1.807) is 23.7 Å². The van der Waals surface area contributed by atoms with E-state index in [4.69, 9.17) is 23.2 Å². The van der Waals surface area contributed by atoms with Gasteiger partial charge in [-0.05, 0) is 24.6 Å². The predicted octanol–water partition coefficient (Wildman–Crippen LogP) is 2.95. The van der Waals surface area contributed by atoms with E-state index >= 15 is 0 Å². The lowest BCUT2D eigenvalue weighted by atomic mass is 9.90. The lowest BCUT2D eigenvalue weighted by Crippen LogP contribution is -2.58. The Morgan fingerprint density at radius 2 is 2.07 bits per heavy atom. The Morgan fingerprint density at radius 1 is 1.36 bits per heavy atom. The third-order valence-electron chi connectivity index (χ3n) is 4.82. The summed E-state index contributed by atoms with van der Waals surface area (Å²) < 4.78 is 28.2. The number of hydrogen-bond donors (Lipinski definition) is 1. The highest BCUT2D eigenvalue weighted by atomic mass is 35.5. The number of amides is 1. The summed E-state index contributed by atoms with van der Waals surface area (Å²) in [5, 5.41) is 3.79. The number of benzene rings is 1. The van der Waals surface area contributed by atoms with Gasteiger partial charge in [0.2, 0.25) is 0 Å². The number of nitrogens with one attached hydrogen (secondary N) is 1. The van der Waals surface area contributed by atoms with Crippen LogP contribution in [0.1, 0.15) is 30.1 Å². The molecule has 1 N–H and O–H groups in total. The first kappa shape index (κ1) is 21.1. The number of aryl methyl sites for hydroxylation is 1. The number of rotatable bonds is 7. The second kappa shape index (κ2) is 8.41. The Bertz CT molecular complexity index is 971. The smallest absolute Gasteiger partial charge is 0.262 e. The van der Waals surface area contributed by atoms with Crippen LogP contribution in [-0.2, 0) is 17.1 Å². The highest BCUT2D eigenvalue weighted by Crippen LogP contribution is 2.28. The monoisotopic (exact) mass is 444 g/mol. The molecule has 1 atom stereocenters. The number of hydrogen-bond acceptors (Lipinski definition) is 4. The van der Waals surface area contributed by atoms with Crippen molar-refractivity contribution in [2.45, 2.75) is 30.8 Å². The standard InChI is InChI=1S/C18H22Cl2N4O3S/c1-3-4-16(22-18(25)14-6-5-13(19)7-15(14)20)12-8-24(9-12)28(26,27)17-10-23(2)11-21-17/h5-7,10-12,16H,3-4,8-9H2,1-2H3,(H,22,25). The van der Waals surface area contributed by atoms with E-state index in [2.05, 4.69) is 10.3 Å². The van der Waals surface area contributed by atoms with Gasteiger partial charge in [0.15, 0.2) is 5.03 Å². The lowest BCUT2D eigenvalue weighted by Gasteiger charge is -2.42. The Kier molecular flexibility index (Phi) is 6.34. The number of halogens is 2. The van der Waals surface area contributed by atoms with Gasteiger partial charge in [-0.1, -0.05) is 36.5 Å². The van der Waals surface area contributed by atoms with E-state index in [1.807, 2.05) is 6.92 Å². The van der Waals surface area contributed by atoms with Crippen molar-refractivity contribution in [3.63, 3.8) is 0 Å². The molecule has 2 aromatic rings. The number of sulfonamides is 1. The van der Waals surface area contributed by atoms with Crippen LogP contribution in [-0.4, -0.2) is 47.3 Å². The Hall–Kier alpha value is -1.61. The van der Waals surface area contributed by atoms with E-state index in [1.165, 1.54) is 22.9 Å². The maximum absolute atomic E-state index is 12.6. The largest absolute Gasteiger partial charge is 0.349 e. The molecule has 1 saturated heterocycles. The molecule has 1 aromatic carbocycles. The Morgan fingerprint density at radius 3 is 2.64 bits per heavy atom. The van der Waals surface area contributed by atoms with Gasteiger partial charge in [0.05, 0.1) is 16.9 Å². The quantitative estimate of drug-likeness (QED) is 0.711. The summed E-state index contributed by atoms with van der Waals surface area (Å²) in [7, 11) is -1.88. The first-order valence-corrected chi connectivity index (χ1v) is 11.2. The van der Waals surface area contributed by atoms with Gasteiger partial charge in [-0.3, -0.25) is 4.79 Å². The summed E-state index contributed by atoms with van der Waals surface area (Å²) in [6.45, 7) is 2.71. The minimum Gasteiger partial charge on any atom is -0.349 e. The van der Waals surface area contributed by atoms with Crippen LogP contribution < -0.4 is 5.32 Å². The highest BCUT2D eigenvalue weighted by molar-refractivity contribution is 7.89. The van der Waals surface area contributed by atoms with Gasteiger partial charge >= 0.3 is 0 Å². The second-order valence-corrected chi connectivity index (χ2v) is 9.68. The van der Waals surface area contributed by atoms with Crippen molar-refractivity contribution in [2.24, 2.45) is 13.0 Å². The fourth-order valence-corrected chi connectivity index (χ4v) is 5.25.